The van der Waals surface area contributed by atoms with Crippen molar-refractivity contribution in [2.45, 2.75) is 26.4 Å². The monoisotopic (exact) mass is 340 g/mol. The summed E-state index contributed by atoms with van der Waals surface area (Å²) in [6, 6.07) is 13.8. The summed E-state index contributed by atoms with van der Waals surface area (Å²) < 4.78 is 0. The summed E-state index contributed by atoms with van der Waals surface area (Å²) >= 11 is 0. The molecule has 0 aliphatic heterocycles. The quantitative estimate of drug-likeness (QED) is 0.802. The number of carbonyl (C=O) groups excluding carboxylic acids is 1. The summed E-state index contributed by atoms with van der Waals surface area (Å²) in [5.41, 5.74) is 2.52. The normalized spacial score (nSPS) is 11.0. The predicted molar refractivity (Wildman–Crippen MR) is 103 cm³/mol. The van der Waals surface area contributed by atoms with Crippen LogP contribution in [-0.4, -0.2) is 53.9 Å². The number of hydrogen-bond acceptors (Lipinski definition) is 4. The molecule has 5 nitrogen and oxygen atoms in total. The second-order valence-electron chi connectivity index (χ2n) is 6.67. The first-order valence-electron chi connectivity index (χ1n) is 8.67. The van der Waals surface area contributed by atoms with Gasteiger partial charge in [-0.2, -0.15) is 0 Å². The van der Waals surface area contributed by atoms with Crippen LogP contribution in [0.15, 0.2) is 48.7 Å². The molecule has 2 rings (SSSR count). The third kappa shape index (κ3) is 5.87. The second-order valence-corrected chi connectivity index (χ2v) is 6.67. The van der Waals surface area contributed by atoms with Crippen molar-refractivity contribution in [3.8, 4) is 0 Å². The Balaban J connectivity index is 2.03. The van der Waals surface area contributed by atoms with Crippen molar-refractivity contribution < 1.29 is 4.79 Å². The Labute approximate surface area is 150 Å². The van der Waals surface area contributed by atoms with Crippen molar-refractivity contribution in [1.82, 2.24) is 14.8 Å². The summed E-state index contributed by atoms with van der Waals surface area (Å²) in [5, 5.41) is 3.30. The van der Waals surface area contributed by atoms with E-state index >= 15 is 0 Å². The van der Waals surface area contributed by atoms with E-state index in [1.807, 2.05) is 69.2 Å². The van der Waals surface area contributed by atoms with Gasteiger partial charge >= 0.3 is 0 Å². The number of hydrogen-bond donors (Lipinski definition) is 1. The van der Waals surface area contributed by atoms with Crippen LogP contribution in [0.2, 0.25) is 0 Å². The van der Waals surface area contributed by atoms with E-state index in [1.165, 1.54) is 0 Å². The number of anilines is 1. The Morgan fingerprint density at radius 2 is 1.84 bits per heavy atom. The van der Waals surface area contributed by atoms with Crippen LogP contribution in [0, 0.1) is 0 Å². The number of pyridine rings is 1. The average Bonchev–Trinajstić information content (AvgIpc) is 2.60. The molecule has 0 radical (unpaired) electrons. The number of amides is 1. The molecule has 0 fully saturated rings. The number of likely N-dealkylation sites (N-methyl/N-ethyl adjacent to an activating group) is 1. The number of nitrogens with zero attached hydrogens (tertiary/aromatic N) is 3. The van der Waals surface area contributed by atoms with Gasteiger partial charge in [-0.1, -0.05) is 30.3 Å². The minimum absolute atomic E-state index is 0.0429. The van der Waals surface area contributed by atoms with Crippen LogP contribution in [0.25, 0.3) is 0 Å². The van der Waals surface area contributed by atoms with Crippen LogP contribution < -0.4 is 5.32 Å². The molecule has 0 atom stereocenters. The highest BCUT2D eigenvalue weighted by Crippen LogP contribution is 2.14. The third-order valence-corrected chi connectivity index (χ3v) is 3.95. The minimum Gasteiger partial charge on any atom is -0.383 e. The molecule has 0 unspecified atom stereocenters. The van der Waals surface area contributed by atoms with E-state index in [4.69, 9.17) is 0 Å². The largest absolute Gasteiger partial charge is 0.383 e. The number of nitrogens with one attached hydrogen (secondary N) is 1. The Morgan fingerprint density at radius 3 is 2.40 bits per heavy atom. The molecule has 1 amide bonds. The molecule has 0 spiro atoms. The van der Waals surface area contributed by atoms with Gasteiger partial charge in [0, 0.05) is 25.7 Å². The molecule has 1 N–H and O–H groups in total. The summed E-state index contributed by atoms with van der Waals surface area (Å²) in [7, 11) is 4.07. The average molecular weight is 340 g/mol. The first-order valence-corrected chi connectivity index (χ1v) is 8.67. The number of benzene rings is 1. The van der Waals surface area contributed by atoms with Gasteiger partial charge in [0.1, 0.15) is 5.69 Å². The maximum Gasteiger partial charge on any atom is 0.272 e. The van der Waals surface area contributed by atoms with E-state index in [1.54, 1.807) is 12.3 Å². The Kier molecular flexibility index (Phi) is 6.95. The van der Waals surface area contributed by atoms with Gasteiger partial charge in [0.05, 0.1) is 11.9 Å². The van der Waals surface area contributed by atoms with Crippen molar-refractivity contribution in [2.75, 3.05) is 32.5 Å². The second kappa shape index (κ2) is 9.18. The van der Waals surface area contributed by atoms with Gasteiger partial charge in [-0.05, 0) is 45.6 Å². The first kappa shape index (κ1) is 18.9. The lowest BCUT2D eigenvalue weighted by Crippen LogP contribution is -2.36. The predicted octanol–water partition coefficient (Wildman–Crippen LogP) is 3.11. The van der Waals surface area contributed by atoms with E-state index < -0.39 is 0 Å². The summed E-state index contributed by atoms with van der Waals surface area (Å²) in [6.07, 6.45) is 1.73. The highest BCUT2D eigenvalue weighted by atomic mass is 16.2. The van der Waals surface area contributed by atoms with Crippen LogP contribution in [0.4, 0.5) is 5.69 Å². The molecule has 1 aromatic carbocycles. The van der Waals surface area contributed by atoms with Crippen molar-refractivity contribution >= 4 is 11.6 Å². The fourth-order valence-electron chi connectivity index (χ4n) is 2.46. The molecule has 1 heterocycles. The lowest BCUT2D eigenvalue weighted by atomic mass is 10.1. The zero-order chi connectivity index (χ0) is 18.2. The summed E-state index contributed by atoms with van der Waals surface area (Å²) in [6.45, 7) is 6.42. The molecule has 0 bridgehead atoms. The van der Waals surface area contributed by atoms with Gasteiger partial charge in [-0.15, -0.1) is 0 Å². The lowest BCUT2D eigenvalue weighted by molar-refractivity contribution is 0.0684. The lowest BCUT2D eigenvalue weighted by Gasteiger charge is -2.26. The number of aromatic nitrogens is 1. The smallest absolute Gasteiger partial charge is 0.272 e. The van der Waals surface area contributed by atoms with Crippen LogP contribution in [-0.2, 0) is 6.54 Å². The van der Waals surface area contributed by atoms with Gasteiger partial charge in [0.2, 0.25) is 0 Å². The van der Waals surface area contributed by atoms with Gasteiger partial charge in [0.25, 0.3) is 5.91 Å². The number of rotatable bonds is 8. The van der Waals surface area contributed by atoms with E-state index in [9.17, 15) is 4.79 Å². The molecule has 2 aromatic rings. The third-order valence-electron chi connectivity index (χ3n) is 3.95. The molecule has 0 saturated heterocycles. The van der Waals surface area contributed by atoms with Crippen molar-refractivity contribution in [2.24, 2.45) is 0 Å². The van der Waals surface area contributed by atoms with Crippen molar-refractivity contribution in [3.63, 3.8) is 0 Å². The van der Waals surface area contributed by atoms with Crippen LogP contribution in [0.3, 0.4) is 0 Å². The molecular weight excluding hydrogens is 312 g/mol. The molecule has 134 valence electrons. The molecular formula is C20H28N4O. The maximum absolute atomic E-state index is 12.8. The molecule has 0 aliphatic rings. The summed E-state index contributed by atoms with van der Waals surface area (Å²) in [5.74, 6) is -0.0429. The van der Waals surface area contributed by atoms with Gasteiger partial charge in [-0.3, -0.25) is 4.79 Å². The van der Waals surface area contributed by atoms with E-state index in [-0.39, 0.29) is 11.9 Å². The van der Waals surface area contributed by atoms with Crippen LogP contribution in [0.1, 0.15) is 29.9 Å². The molecule has 0 aliphatic carbocycles. The Hall–Kier alpha value is -2.40. The SMILES string of the molecule is CC(C)N(Cc1ccccc1)C(=O)c1ccc(NCCN(C)C)cn1. The number of carbonyl (C=O) groups is 1. The van der Waals surface area contributed by atoms with Gasteiger partial charge in [-0.25, -0.2) is 4.98 Å². The molecule has 5 heteroatoms. The van der Waals surface area contributed by atoms with E-state index in [0.29, 0.717) is 12.2 Å². The summed E-state index contributed by atoms with van der Waals surface area (Å²) in [4.78, 5) is 21.2. The fraction of sp³-hybridized carbons (Fsp3) is 0.400. The maximum atomic E-state index is 12.8. The standard InChI is InChI=1S/C20H28N4O/c1-16(2)24(15-17-8-6-5-7-9-17)20(25)19-11-10-18(14-22-19)21-12-13-23(3)4/h5-11,14,16,21H,12-13,15H2,1-4H3. The highest BCUT2D eigenvalue weighted by molar-refractivity contribution is 5.92. The Bertz CT molecular complexity index is 653. The molecule has 1 aromatic heterocycles. The van der Waals surface area contributed by atoms with Gasteiger partial charge < -0.3 is 15.1 Å². The Morgan fingerprint density at radius 1 is 1.12 bits per heavy atom. The van der Waals surface area contributed by atoms with Crippen LogP contribution >= 0.6 is 0 Å². The van der Waals surface area contributed by atoms with Gasteiger partial charge in [0.15, 0.2) is 0 Å². The zero-order valence-corrected chi connectivity index (χ0v) is 15.6. The zero-order valence-electron chi connectivity index (χ0n) is 15.6. The van der Waals surface area contributed by atoms with E-state index in [2.05, 4.69) is 15.2 Å². The van der Waals surface area contributed by atoms with Crippen molar-refractivity contribution in [3.05, 3.63) is 59.9 Å². The minimum atomic E-state index is -0.0429. The van der Waals surface area contributed by atoms with E-state index in [0.717, 1.165) is 24.3 Å². The molecule has 0 saturated carbocycles. The topological polar surface area (TPSA) is 48.5 Å². The van der Waals surface area contributed by atoms with Crippen LogP contribution in [0.5, 0.6) is 0 Å². The molecule has 25 heavy (non-hydrogen) atoms. The van der Waals surface area contributed by atoms with Crippen molar-refractivity contribution in [1.29, 1.82) is 0 Å². The first-order chi connectivity index (χ1) is 12.0. The fourth-order valence-corrected chi connectivity index (χ4v) is 2.46. The highest BCUT2D eigenvalue weighted by Gasteiger charge is 2.20.